The number of nitrogens with two attached hydrogens (primary N) is 2. The van der Waals surface area contributed by atoms with Crippen LogP contribution in [-0.4, -0.2) is 32.1 Å². The van der Waals surface area contributed by atoms with Gasteiger partial charge < -0.3 is 26.8 Å². The molecule has 1 unspecified atom stereocenters. The van der Waals surface area contributed by atoms with E-state index in [1.807, 2.05) is 12.1 Å². The number of amides is 2. The highest BCUT2D eigenvalue weighted by Gasteiger charge is 2.21. The molecule has 2 aromatic carbocycles. The zero-order chi connectivity index (χ0) is 20.5. The first kappa shape index (κ1) is 19.2. The van der Waals surface area contributed by atoms with Crippen LogP contribution in [0.25, 0.3) is 21.2 Å². The molecular weight excluding hydrogens is 390 g/mol. The summed E-state index contributed by atoms with van der Waals surface area (Å²) in [5.41, 5.74) is 14.5. The minimum atomic E-state index is -0.609. The minimum Gasteiger partial charge on any atom is -0.496 e. The number of carbonyl (C=O) groups is 2. The van der Waals surface area contributed by atoms with E-state index in [2.05, 4.69) is 28.1 Å². The van der Waals surface area contributed by atoms with E-state index in [0.717, 1.165) is 31.8 Å². The van der Waals surface area contributed by atoms with Crippen LogP contribution >= 0.6 is 11.3 Å². The predicted molar refractivity (Wildman–Crippen MR) is 114 cm³/mol. The van der Waals surface area contributed by atoms with E-state index < -0.39 is 11.8 Å². The molecule has 1 aliphatic heterocycles. The third-order valence-corrected chi connectivity index (χ3v) is 6.02. The second-order valence-corrected chi connectivity index (χ2v) is 7.74. The lowest BCUT2D eigenvalue weighted by Crippen LogP contribution is -2.36. The van der Waals surface area contributed by atoms with Crippen molar-refractivity contribution in [2.45, 2.75) is 6.17 Å². The number of primary amides is 1. The average molecular weight is 411 g/mol. The SMILES string of the molecule is COc1ccc(-c2ccc3c4c(sc3c2)C(N)NCN4)cc1C(=O)NCC(N)=O. The molecule has 0 aliphatic carbocycles. The Labute approximate surface area is 171 Å². The fraction of sp³-hybridized carbons (Fsp3) is 0.200. The first-order valence-corrected chi connectivity index (χ1v) is 9.84. The number of fused-ring (bicyclic) bond motifs is 3. The summed E-state index contributed by atoms with van der Waals surface area (Å²) in [6.07, 6.45) is -0.186. The minimum absolute atomic E-state index is 0.186. The second-order valence-electron chi connectivity index (χ2n) is 6.65. The van der Waals surface area contributed by atoms with E-state index >= 15 is 0 Å². The Balaban J connectivity index is 1.72. The molecule has 2 amide bonds. The van der Waals surface area contributed by atoms with Crippen LogP contribution in [0.5, 0.6) is 5.75 Å². The average Bonchev–Trinajstić information content (AvgIpc) is 3.11. The van der Waals surface area contributed by atoms with E-state index in [9.17, 15) is 9.59 Å². The number of nitrogens with one attached hydrogen (secondary N) is 3. The Morgan fingerprint density at radius 1 is 1.24 bits per heavy atom. The highest BCUT2D eigenvalue weighted by Crippen LogP contribution is 2.41. The summed E-state index contributed by atoms with van der Waals surface area (Å²) in [6.45, 7) is 0.393. The van der Waals surface area contributed by atoms with Gasteiger partial charge in [0.1, 0.15) is 5.75 Å². The third kappa shape index (κ3) is 3.63. The van der Waals surface area contributed by atoms with Crippen LogP contribution in [0.15, 0.2) is 36.4 Å². The molecule has 7 N–H and O–H groups in total. The van der Waals surface area contributed by atoms with Gasteiger partial charge in [0.25, 0.3) is 5.91 Å². The monoisotopic (exact) mass is 411 g/mol. The number of hydrogen-bond acceptors (Lipinski definition) is 7. The van der Waals surface area contributed by atoms with Crippen LogP contribution in [0, 0.1) is 0 Å². The maximum absolute atomic E-state index is 12.5. The van der Waals surface area contributed by atoms with Gasteiger partial charge in [-0.1, -0.05) is 18.2 Å². The fourth-order valence-corrected chi connectivity index (χ4v) is 4.56. The van der Waals surface area contributed by atoms with Gasteiger partial charge in [-0.25, -0.2) is 0 Å². The Morgan fingerprint density at radius 2 is 2.00 bits per heavy atom. The van der Waals surface area contributed by atoms with E-state index in [-0.39, 0.29) is 12.7 Å². The van der Waals surface area contributed by atoms with Gasteiger partial charge >= 0.3 is 0 Å². The van der Waals surface area contributed by atoms with Crippen molar-refractivity contribution in [3.8, 4) is 16.9 Å². The Morgan fingerprint density at radius 3 is 2.76 bits per heavy atom. The summed E-state index contributed by atoms with van der Waals surface area (Å²) >= 11 is 1.64. The van der Waals surface area contributed by atoms with Crippen molar-refractivity contribution in [1.82, 2.24) is 10.6 Å². The molecule has 1 atom stereocenters. The number of thiophene rings is 1. The molecule has 8 nitrogen and oxygen atoms in total. The zero-order valence-electron chi connectivity index (χ0n) is 15.7. The predicted octanol–water partition coefficient (Wildman–Crippen LogP) is 1.72. The van der Waals surface area contributed by atoms with Crippen molar-refractivity contribution in [2.24, 2.45) is 11.5 Å². The lowest BCUT2D eigenvalue weighted by molar-refractivity contribution is -0.117. The summed E-state index contributed by atoms with van der Waals surface area (Å²) in [5, 5.41) is 10.2. The van der Waals surface area contributed by atoms with Crippen molar-refractivity contribution in [3.05, 3.63) is 46.8 Å². The number of carbonyl (C=O) groups excluding carboxylic acids is 2. The molecule has 4 rings (SSSR count). The van der Waals surface area contributed by atoms with Gasteiger partial charge in [-0.05, 0) is 29.3 Å². The van der Waals surface area contributed by atoms with Gasteiger partial charge in [0.05, 0.1) is 42.6 Å². The highest BCUT2D eigenvalue weighted by atomic mass is 32.1. The van der Waals surface area contributed by atoms with Gasteiger partial charge in [0.2, 0.25) is 5.91 Å². The smallest absolute Gasteiger partial charge is 0.255 e. The van der Waals surface area contributed by atoms with Gasteiger partial charge in [-0.2, -0.15) is 0 Å². The summed E-state index contributed by atoms with van der Waals surface area (Å²) in [4.78, 5) is 24.5. The molecule has 0 bridgehead atoms. The zero-order valence-corrected chi connectivity index (χ0v) is 16.6. The largest absolute Gasteiger partial charge is 0.496 e. The van der Waals surface area contributed by atoms with Crippen LogP contribution in [0.2, 0.25) is 0 Å². The molecule has 0 radical (unpaired) electrons. The van der Waals surface area contributed by atoms with E-state index in [1.165, 1.54) is 7.11 Å². The summed E-state index contributed by atoms with van der Waals surface area (Å²) in [5.74, 6) is -0.608. The first-order valence-electron chi connectivity index (χ1n) is 9.02. The molecule has 150 valence electrons. The molecule has 0 fully saturated rings. The molecule has 1 aromatic heterocycles. The van der Waals surface area contributed by atoms with Gasteiger partial charge in [-0.15, -0.1) is 11.3 Å². The lowest BCUT2D eigenvalue weighted by atomic mass is 10.0. The lowest BCUT2D eigenvalue weighted by Gasteiger charge is -2.21. The Kier molecular flexibility index (Phi) is 5.10. The Bertz CT molecular complexity index is 1110. The number of ether oxygens (including phenoxy) is 1. The quantitative estimate of drug-likeness (QED) is 0.434. The number of hydrogen-bond donors (Lipinski definition) is 5. The number of anilines is 1. The molecule has 2 heterocycles. The Hall–Kier alpha value is -3.14. The molecule has 29 heavy (non-hydrogen) atoms. The topological polar surface area (TPSA) is 132 Å². The van der Waals surface area contributed by atoms with Crippen LogP contribution < -0.4 is 32.2 Å². The van der Waals surface area contributed by atoms with Crippen LogP contribution in [0.1, 0.15) is 21.4 Å². The van der Waals surface area contributed by atoms with Crippen molar-refractivity contribution < 1.29 is 14.3 Å². The van der Waals surface area contributed by atoms with Gasteiger partial charge in [-0.3, -0.25) is 14.9 Å². The standard InChI is InChI=1S/C20H21N5O3S/c1-28-14-5-3-10(6-13(14)20(27)23-8-16(21)26)11-2-4-12-15(7-11)29-18-17(12)24-9-25-19(18)22/h2-7,19,24-25H,8-9,22H2,1H3,(H2,21,26)(H,23,27). The molecule has 9 heteroatoms. The van der Waals surface area contributed by atoms with Gasteiger partial charge in [0.15, 0.2) is 0 Å². The third-order valence-electron chi connectivity index (χ3n) is 4.79. The van der Waals surface area contributed by atoms with Crippen molar-refractivity contribution in [1.29, 1.82) is 0 Å². The van der Waals surface area contributed by atoms with E-state index in [0.29, 0.717) is 18.0 Å². The summed E-state index contributed by atoms with van der Waals surface area (Å²) < 4.78 is 6.40. The van der Waals surface area contributed by atoms with Crippen molar-refractivity contribution in [3.63, 3.8) is 0 Å². The summed E-state index contributed by atoms with van der Waals surface area (Å²) in [7, 11) is 1.49. The fourth-order valence-electron chi connectivity index (χ4n) is 3.37. The highest BCUT2D eigenvalue weighted by molar-refractivity contribution is 7.20. The molecule has 0 saturated heterocycles. The normalized spacial score (nSPS) is 15.4. The maximum Gasteiger partial charge on any atom is 0.255 e. The van der Waals surface area contributed by atoms with Gasteiger partial charge in [0, 0.05) is 10.1 Å². The van der Waals surface area contributed by atoms with E-state index in [1.54, 1.807) is 23.5 Å². The molecule has 3 aromatic rings. The molecule has 0 spiro atoms. The summed E-state index contributed by atoms with van der Waals surface area (Å²) in [6, 6.07) is 11.5. The van der Waals surface area contributed by atoms with Crippen molar-refractivity contribution in [2.75, 3.05) is 25.6 Å². The van der Waals surface area contributed by atoms with Crippen LogP contribution in [-0.2, 0) is 4.79 Å². The number of methoxy groups -OCH3 is 1. The molecule has 1 aliphatic rings. The second kappa shape index (κ2) is 7.70. The molecule has 0 saturated carbocycles. The number of benzene rings is 2. The first-order chi connectivity index (χ1) is 14.0. The van der Waals surface area contributed by atoms with E-state index in [4.69, 9.17) is 16.2 Å². The van der Waals surface area contributed by atoms with Crippen LogP contribution in [0.3, 0.4) is 0 Å². The number of rotatable bonds is 5. The van der Waals surface area contributed by atoms with Crippen molar-refractivity contribution >= 4 is 38.9 Å². The molecular formula is C20H21N5O3S. The maximum atomic E-state index is 12.5. The van der Waals surface area contributed by atoms with Crippen LogP contribution in [0.4, 0.5) is 5.69 Å².